The number of H-pyrrole nitrogens is 1. The van der Waals surface area contributed by atoms with Gasteiger partial charge in [0.05, 0.1) is 17.0 Å². The first-order valence-electron chi connectivity index (χ1n) is 9.79. The Morgan fingerprint density at radius 3 is 2.54 bits per heavy atom. The highest BCUT2D eigenvalue weighted by molar-refractivity contribution is 6.17. The summed E-state index contributed by atoms with van der Waals surface area (Å²) in [5.41, 5.74) is 5.74. The van der Waals surface area contributed by atoms with Gasteiger partial charge in [-0.1, -0.05) is 29.8 Å². The normalized spacial score (nSPS) is 15.9. The van der Waals surface area contributed by atoms with Crippen LogP contribution in [0.15, 0.2) is 35.5 Å². The van der Waals surface area contributed by atoms with Crippen LogP contribution in [0.25, 0.3) is 0 Å². The molecule has 0 aliphatic carbocycles. The van der Waals surface area contributed by atoms with Crippen molar-refractivity contribution in [1.29, 1.82) is 0 Å². The molecule has 2 aromatic heterocycles. The zero-order valence-electron chi connectivity index (χ0n) is 16.2. The lowest BCUT2D eigenvalue weighted by molar-refractivity contribution is 0.568. The minimum atomic E-state index is 0.698. The average Bonchev–Trinajstić information content (AvgIpc) is 2.98. The summed E-state index contributed by atoms with van der Waals surface area (Å²) in [4.78, 5) is 16.8. The number of anilines is 3. The molecule has 0 saturated carbocycles. The predicted octanol–water partition coefficient (Wildman–Crippen LogP) is 4.03. The molecule has 0 bridgehead atoms. The van der Waals surface area contributed by atoms with E-state index in [4.69, 9.17) is 9.98 Å². The maximum Gasteiger partial charge on any atom is 0.227 e. The molecule has 28 heavy (non-hydrogen) atoms. The number of nitrogens with one attached hydrogen (secondary N) is 2. The number of piperidine rings is 1. The van der Waals surface area contributed by atoms with Crippen molar-refractivity contribution in [2.24, 2.45) is 4.99 Å². The summed E-state index contributed by atoms with van der Waals surface area (Å²) in [5, 5.41) is 10.8. The fraction of sp³-hybridized carbons (Fsp3) is 0.333. The maximum absolute atomic E-state index is 4.95. The van der Waals surface area contributed by atoms with Gasteiger partial charge in [-0.3, -0.25) is 5.10 Å². The lowest BCUT2D eigenvalue weighted by Crippen LogP contribution is -2.31. The lowest BCUT2D eigenvalue weighted by atomic mass is 10.0. The van der Waals surface area contributed by atoms with E-state index in [0.29, 0.717) is 5.82 Å². The summed E-state index contributed by atoms with van der Waals surface area (Å²) in [5.74, 6) is 2.22. The molecular formula is C21H23N7. The highest BCUT2D eigenvalue weighted by Gasteiger charge is 2.24. The van der Waals surface area contributed by atoms with Gasteiger partial charge >= 0.3 is 0 Å². The number of hydrogen-bond donors (Lipinski definition) is 2. The fourth-order valence-electron chi connectivity index (χ4n) is 3.75. The Morgan fingerprint density at radius 1 is 0.964 bits per heavy atom. The largest absolute Gasteiger partial charge is 0.341 e. The smallest absolute Gasteiger partial charge is 0.227 e. The van der Waals surface area contributed by atoms with E-state index in [0.717, 1.165) is 53.1 Å². The van der Waals surface area contributed by atoms with Gasteiger partial charge in [0.1, 0.15) is 11.5 Å². The highest BCUT2D eigenvalue weighted by Crippen LogP contribution is 2.35. The molecule has 0 spiro atoms. The second-order valence-electron chi connectivity index (χ2n) is 7.48. The number of aromatic amines is 1. The molecule has 2 N–H and O–H groups in total. The third-order valence-corrected chi connectivity index (χ3v) is 5.37. The van der Waals surface area contributed by atoms with Crippen LogP contribution in [-0.2, 0) is 0 Å². The van der Waals surface area contributed by atoms with Crippen molar-refractivity contribution in [3.05, 3.63) is 52.8 Å². The van der Waals surface area contributed by atoms with Gasteiger partial charge in [0, 0.05) is 24.8 Å². The second kappa shape index (κ2) is 6.74. The van der Waals surface area contributed by atoms with Crippen LogP contribution >= 0.6 is 0 Å². The molecule has 2 aliphatic rings. The molecule has 0 amide bonds. The highest BCUT2D eigenvalue weighted by atomic mass is 15.3. The summed E-state index contributed by atoms with van der Waals surface area (Å²) >= 11 is 0. The minimum absolute atomic E-state index is 0.698. The average molecular weight is 373 g/mol. The first-order chi connectivity index (χ1) is 13.7. The van der Waals surface area contributed by atoms with Gasteiger partial charge in [-0.25, -0.2) is 9.98 Å². The van der Waals surface area contributed by atoms with Gasteiger partial charge in [-0.15, -0.1) is 0 Å². The summed E-state index contributed by atoms with van der Waals surface area (Å²) in [6.07, 6.45) is 5.54. The number of aromatic nitrogens is 4. The van der Waals surface area contributed by atoms with E-state index in [1.54, 1.807) is 0 Å². The van der Waals surface area contributed by atoms with Crippen LogP contribution < -0.4 is 10.2 Å². The zero-order valence-corrected chi connectivity index (χ0v) is 16.2. The van der Waals surface area contributed by atoms with E-state index in [2.05, 4.69) is 56.6 Å². The van der Waals surface area contributed by atoms with Crippen LogP contribution in [0.5, 0.6) is 0 Å². The Balaban J connectivity index is 1.65. The molecule has 0 radical (unpaired) electrons. The molecule has 142 valence electrons. The standard InChI is InChI=1S/C21H23N7/c1-13-6-8-15(9-7-13)18-16-12-22-21(28-10-4-3-5-11-28)25-19(16)24-20-17(23-18)14(2)26-27-20/h6-9,12H,3-5,10-11H2,1-2H3,(H2,22,24,25,26,27). The Hall–Kier alpha value is -3.22. The van der Waals surface area contributed by atoms with Gasteiger partial charge in [0.25, 0.3) is 0 Å². The number of nitrogens with zero attached hydrogens (tertiary/aromatic N) is 5. The third kappa shape index (κ3) is 2.93. The van der Waals surface area contributed by atoms with E-state index in [-0.39, 0.29) is 0 Å². The Kier molecular flexibility index (Phi) is 4.07. The van der Waals surface area contributed by atoms with E-state index in [1.807, 2.05) is 13.1 Å². The molecule has 7 nitrogen and oxygen atoms in total. The van der Waals surface area contributed by atoms with E-state index < -0.39 is 0 Å². The zero-order chi connectivity index (χ0) is 19.1. The molecule has 7 heteroatoms. The number of fused-ring (bicyclic) bond motifs is 2. The van der Waals surface area contributed by atoms with Gasteiger partial charge < -0.3 is 10.2 Å². The summed E-state index contributed by atoms with van der Waals surface area (Å²) in [7, 11) is 0. The van der Waals surface area contributed by atoms with Gasteiger partial charge in [0.15, 0.2) is 5.82 Å². The van der Waals surface area contributed by atoms with Crippen LogP contribution in [0.4, 0.5) is 23.3 Å². The topological polar surface area (TPSA) is 82.1 Å². The molecule has 5 rings (SSSR count). The Bertz CT molecular complexity index is 1040. The molecule has 1 fully saturated rings. The molecular weight excluding hydrogens is 350 g/mol. The van der Waals surface area contributed by atoms with Crippen molar-refractivity contribution >= 4 is 29.0 Å². The van der Waals surface area contributed by atoms with Crippen molar-refractivity contribution in [1.82, 2.24) is 20.2 Å². The number of aliphatic imine (C=N–C) groups is 1. The number of hydrogen-bond acceptors (Lipinski definition) is 6. The van der Waals surface area contributed by atoms with Gasteiger partial charge in [0.2, 0.25) is 5.95 Å². The first-order valence-corrected chi connectivity index (χ1v) is 9.79. The van der Waals surface area contributed by atoms with E-state index in [9.17, 15) is 0 Å². The van der Waals surface area contributed by atoms with Crippen LogP contribution in [0, 0.1) is 13.8 Å². The molecule has 2 aliphatic heterocycles. The number of aryl methyl sites for hydroxylation is 2. The first kappa shape index (κ1) is 16.9. The van der Waals surface area contributed by atoms with E-state index in [1.165, 1.54) is 24.8 Å². The Morgan fingerprint density at radius 2 is 1.75 bits per heavy atom. The molecule has 3 aromatic rings. The molecule has 1 saturated heterocycles. The van der Waals surface area contributed by atoms with Crippen molar-refractivity contribution in [3.8, 4) is 0 Å². The second-order valence-corrected chi connectivity index (χ2v) is 7.48. The number of rotatable bonds is 2. The summed E-state index contributed by atoms with van der Waals surface area (Å²) in [6.45, 7) is 6.07. The van der Waals surface area contributed by atoms with Crippen molar-refractivity contribution in [3.63, 3.8) is 0 Å². The predicted molar refractivity (Wildman–Crippen MR) is 111 cm³/mol. The molecule has 1 aromatic carbocycles. The maximum atomic E-state index is 4.95. The molecule has 4 heterocycles. The van der Waals surface area contributed by atoms with Crippen LogP contribution in [0.1, 0.15) is 41.6 Å². The molecule has 0 unspecified atom stereocenters. The minimum Gasteiger partial charge on any atom is -0.341 e. The van der Waals surface area contributed by atoms with Crippen LogP contribution in [0.3, 0.4) is 0 Å². The summed E-state index contributed by atoms with van der Waals surface area (Å²) < 4.78 is 0. The third-order valence-electron chi connectivity index (χ3n) is 5.37. The quantitative estimate of drug-likeness (QED) is 0.554. The van der Waals surface area contributed by atoms with Crippen molar-refractivity contribution in [2.45, 2.75) is 33.1 Å². The monoisotopic (exact) mass is 373 g/mol. The SMILES string of the molecule is Cc1ccc(C2=Nc3c(n[nH]c3C)Nc3nc(N4CCCCC4)ncc32)cc1. The van der Waals surface area contributed by atoms with Gasteiger partial charge in [-0.2, -0.15) is 10.1 Å². The Labute approximate surface area is 163 Å². The molecule has 0 atom stereocenters. The summed E-state index contributed by atoms with van der Waals surface area (Å²) in [6, 6.07) is 8.39. The number of benzene rings is 1. The van der Waals surface area contributed by atoms with Crippen molar-refractivity contribution < 1.29 is 0 Å². The van der Waals surface area contributed by atoms with Crippen LogP contribution in [0.2, 0.25) is 0 Å². The fourth-order valence-corrected chi connectivity index (χ4v) is 3.75. The van der Waals surface area contributed by atoms with Crippen LogP contribution in [-0.4, -0.2) is 39.0 Å². The van der Waals surface area contributed by atoms with Crippen molar-refractivity contribution in [2.75, 3.05) is 23.3 Å². The van der Waals surface area contributed by atoms with Gasteiger partial charge in [-0.05, 0) is 33.1 Å². The van der Waals surface area contributed by atoms with E-state index >= 15 is 0 Å². The lowest BCUT2D eigenvalue weighted by Gasteiger charge is -2.27.